The van der Waals surface area contributed by atoms with E-state index in [4.69, 9.17) is 0 Å². The molecular formula is C17H26N2O3S. The first-order valence-electron chi connectivity index (χ1n) is 7.61. The first-order valence-corrected chi connectivity index (χ1v) is 9.34. The van der Waals surface area contributed by atoms with Gasteiger partial charge in [0, 0.05) is 40.5 Å². The lowest BCUT2D eigenvalue weighted by Crippen LogP contribution is -2.47. The van der Waals surface area contributed by atoms with E-state index in [1.165, 1.54) is 4.90 Å². The number of amides is 2. The molecule has 1 atom stereocenters. The van der Waals surface area contributed by atoms with Crippen LogP contribution in [0.5, 0.6) is 0 Å². The van der Waals surface area contributed by atoms with E-state index < -0.39 is 10.8 Å². The molecule has 0 heterocycles. The molecule has 1 aromatic carbocycles. The van der Waals surface area contributed by atoms with Gasteiger partial charge < -0.3 is 10.2 Å². The average Bonchev–Trinajstić information content (AvgIpc) is 2.41. The van der Waals surface area contributed by atoms with Gasteiger partial charge in [-0.15, -0.1) is 0 Å². The van der Waals surface area contributed by atoms with Gasteiger partial charge in [0.05, 0.1) is 6.54 Å². The normalized spacial score (nSPS) is 12.6. The van der Waals surface area contributed by atoms with E-state index in [1.807, 2.05) is 33.8 Å². The molecule has 0 saturated heterocycles. The van der Waals surface area contributed by atoms with Crippen LogP contribution >= 0.6 is 0 Å². The highest BCUT2D eigenvalue weighted by Gasteiger charge is 2.20. The van der Waals surface area contributed by atoms with E-state index >= 15 is 0 Å². The quantitative estimate of drug-likeness (QED) is 0.862. The van der Waals surface area contributed by atoms with Crippen molar-refractivity contribution in [1.82, 2.24) is 10.2 Å². The summed E-state index contributed by atoms with van der Waals surface area (Å²) in [5.41, 5.74) is 1.04. The molecule has 0 spiro atoms. The number of nitrogens with zero attached hydrogens (tertiary/aromatic N) is 1. The van der Waals surface area contributed by atoms with Crippen molar-refractivity contribution >= 4 is 22.6 Å². The highest BCUT2D eigenvalue weighted by atomic mass is 32.2. The van der Waals surface area contributed by atoms with Crippen LogP contribution in [0, 0.1) is 0 Å². The van der Waals surface area contributed by atoms with E-state index in [1.54, 1.807) is 24.5 Å². The first kappa shape index (κ1) is 19.4. The maximum absolute atomic E-state index is 12.6. The third-order valence-corrected chi connectivity index (χ3v) is 3.80. The van der Waals surface area contributed by atoms with Crippen LogP contribution in [-0.2, 0) is 21.3 Å². The number of rotatable bonds is 6. The SMILES string of the molecule is CCN(CC(=O)NC(C)(C)C)C(=O)c1cccc(CS(C)=O)c1. The van der Waals surface area contributed by atoms with Crippen LogP contribution in [-0.4, -0.2) is 45.8 Å². The summed E-state index contributed by atoms with van der Waals surface area (Å²) in [5.74, 6) is 0.0383. The maximum Gasteiger partial charge on any atom is 0.254 e. The summed E-state index contributed by atoms with van der Waals surface area (Å²) in [7, 11) is -0.960. The molecule has 0 radical (unpaired) electrons. The molecule has 128 valence electrons. The smallest absolute Gasteiger partial charge is 0.254 e. The zero-order valence-corrected chi connectivity index (χ0v) is 15.3. The molecule has 6 heteroatoms. The fraction of sp³-hybridized carbons (Fsp3) is 0.529. The fourth-order valence-electron chi connectivity index (χ4n) is 2.17. The molecule has 1 aromatic rings. The van der Waals surface area contributed by atoms with Gasteiger partial charge in [0.25, 0.3) is 5.91 Å². The van der Waals surface area contributed by atoms with Gasteiger partial charge >= 0.3 is 0 Å². The van der Waals surface area contributed by atoms with Crippen molar-refractivity contribution in [2.75, 3.05) is 19.3 Å². The first-order chi connectivity index (χ1) is 10.6. The number of hydrogen-bond donors (Lipinski definition) is 1. The zero-order valence-electron chi connectivity index (χ0n) is 14.5. The van der Waals surface area contributed by atoms with E-state index in [0.717, 1.165) is 5.56 Å². The third kappa shape index (κ3) is 6.95. The summed E-state index contributed by atoms with van der Waals surface area (Å²) in [4.78, 5) is 26.1. The van der Waals surface area contributed by atoms with Crippen LogP contribution in [0.4, 0.5) is 0 Å². The molecule has 23 heavy (non-hydrogen) atoms. The number of likely N-dealkylation sites (N-methyl/N-ethyl adjacent to an activating group) is 1. The minimum absolute atomic E-state index is 0.0243. The van der Waals surface area contributed by atoms with E-state index in [9.17, 15) is 13.8 Å². The summed E-state index contributed by atoms with van der Waals surface area (Å²) in [6, 6.07) is 7.09. The molecule has 0 bridgehead atoms. The minimum atomic E-state index is -0.960. The van der Waals surface area contributed by atoms with E-state index in [-0.39, 0.29) is 23.9 Å². The number of nitrogens with one attached hydrogen (secondary N) is 1. The number of hydrogen-bond acceptors (Lipinski definition) is 3. The second kappa shape index (κ2) is 8.24. The molecule has 5 nitrogen and oxygen atoms in total. The Hall–Kier alpha value is -1.69. The lowest BCUT2D eigenvalue weighted by atomic mass is 10.1. The molecule has 1 N–H and O–H groups in total. The molecule has 0 aliphatic heterocycles. The van der Waals surface area contributed by atoms with E-state index in [2.05, 4.69) is 5.32 Å². The lowest BCUT2D eigenvalue weighted by Gasteiger charge is -2.25. The predicted octanol–water partition coefficient (Wildman–Crippen LogP) is 1.94. The molecular weight excluding hydrogens is 312 g/mol. The van der Waals surface area contributed by atoms with Gasteiger partial charge in [-0.3, -0.25) is 13.8 Å². The van der Waals surface area contributed by atoms with Crippen LogP contribution in [0.1, 0.15) is 43.6 Å². The average molecular weight is 338 g/mol. The molecule has 1 unspecified atom stereocenters. The molecule has 0 fully saturated rings. The fourth-order valence-corrected chi connectivity index (χ4v) is 2.82. The van der Waals surface area contributed by atoms with Crippen molar-refractivity contribution in [3.8, 4) is 0 Å². The van der Waals surface area contributed by atoms with Crippen LogP contribution in [0.2, 0.25) is 0 Å². The van der Waals surface area contributed by atoms with E-state index in [0.29, 0.717) is 17.9 Å². The minimum Gasteiger partial charge on any atom is -0.350 e. The summed E-state index contributed by atoms with van der Waals surface area (Å²) in [6.07, 6.45) is 1.63. The molecule has 1 rings (SSSR count). The van der Waals surface area contributed by atoms with Crippen LogP contribution in [0.3, 0.4) is 0 Å². The second-order valence-electron chi connectivity index (χ2n) is 6.54. The van der Waals surface area contributed by atoms with Crippen molar-refractivity contribution in [2.45, 2.75) is 39.0 Å². The highest BCUT2D eigenvalue weighted by molar-refractivity contribution is 7.83. The van der Waals surface area contributed by atoms with Crippen molar-refractivity contribution in [3.63, 3.8) is 0 Å². The van der Waals surface area contributed by atoms with Crippen molar-refractivity contribution in [1.29, 1.82) is 0 Å². The molecule has 0 aliphatic carbocycles. The summed E-state index contributed by atoms with van der Waals surface area (Å²) in [5, 5.41) is 2.85. The van der Waals surface area contributed by atoms with Crippen molar-refractivity contribution in [3.05, 3.63) is 35.4 Å². The predicted molar refractivity (Wildman–Crippen MR) is 93.7 cm³/mol. The highest BCUT2D eigenvalue weighted by Crippen LogP contribution is 2.10. The molecule has 0 saturated carbocycles. The zero-order chi connectivity index (χ0) is 17.6. The number of carbonyl (C=O) groups is 2. The monoisotopic (exact) mass is 338 g/mol. The van der Waals surface area contributed by atoms with Gasteiger partial charge in [0.1, 0.15) is 0 Å². The number of carbonyl (C=O) groups excluding carboxylic acids is 2. The van der Waals surface area contributed by atoms with Gasteiger partial charge in [-0.25, -0.2) is 0 Å². The number of benzene rings is 1. The van der Waals surface area contributed by atoms with Gasteiger partial charge in [-0.05, 0) is 45.4 Å². The Bertz CT molecular complexity index is 594. The van der Waals surface area contributed by atoms with Gasteiger partial charge in [-0.1, -0.05) is 12.1 Å². The second-order valence-corrected chi connectivity index (χ2v) is 7.97. The Morgan fingerprint density at radius 2 is 1.91 bits per heavy atom. The van der Waals surface area contributed by atoms with Crippen LogP contribution in [0.25, 0.3) is 0 Å². The lowest BCUT2D eigenvalue weighted by molar-refractivity contribution is -0.123. The molecule has 2 amide bonds. The van der Waals surface area contributed by atoms with Crippen LogP contribution in [0.15, 0.2) is 24.3 Å². The maximum atomic E-state index is 12.6. The third-order valence-electron chi connectivity index (χ3n) is 3.06. The molecule has 0 aliphatic rings. The van der Waals surface area contributed by atoms with Gasteiger partial charge in [0.2, 0.25) is 5.91 Å². The Labute approximate surface area is 140 Å². The summed E-state index contributed by atoms with van der Waals surface area (Å²) >= 11 is 0. The van der Waals surface area contributed by atoms with Crippen LogP contribution < -0.4 is 5.32 Å². The largest absolute Gasteiger partial charge is 0.350 e. The molecule has 0 aromatic heterocycles. The van der Waals surface area contributed by atoms with Gasteiger partial charge in [-0.2, -0.15) is 0 Å². The Kier molecular flexibility index (Phi) is 6.94. The Balaban J connectivity index is 2.84. The summed E-state index contributed by atoms with van der Waals surface area (Å²) < 4.78 is 11.3. The summed E-state index contributed by atoms with van der Waals surface area (Å²) in [6.45, 7) is 8.01. The van der Waals surface area contributed by atoms with Crippen molar-refractivity contribution < 1.29 is 13.8 Å². The topological polar surface area (TPSA) is 66.5 Å². The Morgan fingerprint density at radius 3 is 2.43 bits per heavy atom. The Morgan fingerprint density at radius 1 is 1.26 bits per heavy atom. The van der Waals surface area contributed by atoms with Crippen molar-refractivity contribution in [2.24, 2.45) is 0 Å². The standard InChI is InChI=1S/C17H26N2O3S/c1-6-19(11-15(20)18-17(2,3)4)16(21)14-9-7-8-13(10-14)12-23(5)22/h7-10H,6,11-12H2,1-5H3,(H,18,20). The van der Waals surface area contributed by atoms with Gasteiger partial charge in [0.15, 0.2) is 0 Å².